The summed E-state index contributed by atoms with van der Waals surface area (Å²) < 4.78 is 0. The van der Waals surface area contributed by atoms with Crippen molar-refractivity contribution >= 4 is 41.5 Å². The van der Waals surface area contributed by atoms with Crippen LogP contribution < -0.4 is 15.5 Å². The standard InChI is InChI=1S/C25H35N5O.HI/c1-3-29(23-13-5-4-6-14-23)18-10-17-28-25(26-2)27-16-9-15-24(31)30-19-21-11-7-8-12-22(21)20-30;/h4-8,11-14H,3,9-10,15-20H2,1-2H3,(H2,26,27,28);1H. The van der Waals surface area contributed by atoms with E-state index < -0.39 is 0 Å². The van der Waals surface area contributed by atoms with Crippen molar-refractivity contribution in [1.29, 1.82) is 0 Å². The van der Waals surface area contributed by atoms with E-state index >= 15 is 0 Å². The zero-order valence-corrected chi connectivity index (χ0v) is 21.5. The molecule has 1 amide bonds. The Labute approximate surface area is 209 Å². The summed E-state index contributed by atoms with van der Waals surface area (Å²) in [6.45, 7) is 7.24. The lowest BCUT2D eigenvalue weighted by atomic mass is 10.1. The molecule has 0 aliphatic carbocycles. The van der Waals surface area contributed by atoms with Crippen molar-refractivity contribution in [3.05, 3.63) is 65.7 Å². The highest BCUT2D eigenvalue weighted by Gasteiger charge is 2.22. The van der Waals surface area contributed by atoms with E-state index in [1.807, 2.05) is 23.1 Å². The minimum Gasteiger partial charge on any atom is -0.372 e. The maximum Gasteiger partial charge on any atom is 0.223 e. The largest absolute Gasteiger partial charge is 0.372 e. The summed E-state index contributed by atoms with van der Waals surface area (Å²) in [5.41, 5.74) is 3.80. The topological polar surface area (TPSA) is 60.0 Å². The Morgan fingerprint density at radius 2 is 1.56 bits per heavy atom. The summed E-state index contributed by atoms with van der Waals surface area (Å²) >= 11 is 0. The highest BCUT2D eigenvalue weighted by Crippen LogP contribution is 2.22. The van der Waals surface area contributed by atoms with Gasteiger partial charge in [0.2, 0.25) is 5.91 Å². The number of anilines is 1. The summed E-state index contributed by atoms with van der Waals surface area (Å²) in [6, 6.07) is 18.8. The molecular formula is C25H36IN5O. The van der Waals surface area contributed by atoms with Crippen molar-refractivity contribution in [2.75, 3.05) is 38.1 Å². The Balaban J connectivity index is 0.00000363. The first-order valence-electron chi connectivity index (χ1n) is 11.3. The van der Waals surface area contributed by atoms with E-state index in [2.05, 4.69) is 63.8 Å². The van der Waals surface area contributed by atoms with Crippen molar-refractivity contribution in [3.63, 3.8) is 0 Å². The molecule has 3 rings (SSSR count). The number of nitrogens with zero attached hydrogens (tertiary/aromatic N) is 3. The van der Waals surface area contributed by atoms with Gasteiger partial charge in [0.1, 0.15) is 0 Å². The molecule has 2 N–H and O–H groups in total. The van der Waals surface area contributed by atoms with E-state index in [0.717, 1.165) is 58.1 Å². The first-order chi connectivity index (χ1) is 15.2. The van der Waals surface area contributed by atoms with Gasteiger partial charge in [-0.05, 0) is 43.0 Å². The summed E-state index contributed by atoms with van der Waals surface area (Å²) in [5.74, 6) is 1.02. The van der Waals surface area contributed by atoms with Crippen molar-refractivity contribution in [3.8, 4) is 0 Å². The van der Waals surface area contributed by atoms with Crippen LogP contribution >= 0.6 is 24.0 Å². The number of para-hydroxylation sites is 1. The third kappa shape index (κ3) is 7.69. The van der Waals surface area contributed by atoms with Crippen LogP contribution in [-0.4, -0.2) is 50.0 Å². The van der Waals surface area contributed by atoms with Gasteiger partial charge in [0.05, 0.1) is 0 Å². The number of hydrogen-bond acceptors (Lipinski definition) is 3. The fourth-order valence-corrected chi connectivity index (χ4v) is 3.92. The van der Waals surface area contributed by atoms with Crippen LogP contribution in [0.25, 0.3) is 0 Å². The van der Waals surface area contributed by atoms with Crippen molar-refractivity contribution < 1.29 is 4.79 Å². The molecule has 0 unspecified atom stereocenters. The molecule has 6 nitrogen and oxygen atoms in total. The van der Waals surface area contributed by atoms with Gasteiger partial charge in [-0.1, -0.05) is 42.5 Å². The lowest BCUT2D eigenvalue weighted by Crippen LogP contribution is -2.39. The molecule has 2 aromatic rings. The molecular weight excluding hydrogens is 513 g/mol. The lowest BCUT2D eigenvalue weighted by molar-refractivity contribution is -0.131. The molecule has 32 heavy (non-hydrogen) atoms. The maximum atomic E-state index is 12.5. The molecule has 7 heteroatoms. The van der Waals surface area contributed by atoms with E-state index in [1.54, 1.807) is 7.05 Å². The number of guanidine groups is 1. The van der Waals surface area contributed by atoms with Crippen LogP contribution in [0.4, 0.5) is 5.69 Å². The Kier molecular flexibility index (Phi) is 11.3. The van der Waals surface area contributed by atoms with Crippen LogP contribution in [0.3, 0.4) is 0 Å². The highest BCUT2D eigenvalue weighted by molar-refractivity contribution is 14.0. The van der Waals surface area contributed by atoms with Crippen LogP contribution in [-0.2, 0) is 17.9 Å². The monoisotopic (exact) mass is 549 g/mol. The summed E-state index contributed by atoms with van der Waals surface area (Å²) in [7, 11) is 1.78. The Morgan fingerprint density at radius 3 is 2.16 bits per heavy atom. The molecule has 0 saturated heterocycles. The smallest absolute Gasteiger partial charge is 0.223 e. The first kappa shape index (κ1) is 26.0. The van der Waals surface area contributed by atoms with Gasteiger partial charge in [0.25, 0.3) is 0 Å². The second-order valence-electron chi connectivity index (χ2n) is 7.82. The summed E-state index contributed by atoms with van der Waals surface area (Å²) in [4.78, 5) is 21.1. The third-order valence-corrected chi connectivity index (χ3v) is 5.68. The van der Waals surface area contributed by atoms with E-state index in [-0.39, 0.29) is 29.9 Å². The van der Waals surface area contributed by atoms with Gasteiger partial charge in [-0.3, -0.25) is 9.79 Å². The Morgan fingerprint density at radius 1 is 0.969 bits per heavy atom. The molecule has 0 aromatic heterocycles. The SMILES string of the molecule is CCN(CCCNC(=NC)NCCCC(=O)N1Cc2ccccc2C1)c1ccccc1.I. The second-order valence-corrected chi connectivity index (χ2v) is 7.82. The number of halogens is 1. The average molecular weight is 550 g/mol. The lowest BCUT2D eigenvalue weighted by Gasteiger charge is -2.23. The van der Waals surface area contributed by atoms with Crippen LogP contribution in [0, 0.1) is 0 Å². The minimum absolute atomic E-state index is 0. The number of aliphatic imine (C=N–C) groups is 1. The average Bonchev–Trinajstić information content (AvgIpc) is 3.25. The van der Waals surface area contributed by atoms with E-state index in [0.29, 0.717) is 6.42 Å². The van der Waals surface area contributed by atoms with Gasteiger partial charge in [0, 0.05) is 58.4 Å². The third-order valence-electron chi connectivity index (χ3n) is 5.68. The number of benzene rings is 2. The number of hydrogen-bond donors (Lipinski definition) is 2. The van der Waals surface area contributed by atoms with Gasteiger partial charge in [-0.15, -0.1) is 24.0 Å². The number of nitrogens with one attached hydrogen (secondary N) is 2. The van der Waals surface area contributed by atoms with Crippen LogP contribution in [0.1, 0.15) is 37.3 Å². The number of amides is 1. The molecule has 0 fully saturated rings. The second kappa shape index (κ2) is 14.0. The number of carbonyl (C=O) groups excluding carboxylic acids is 1. The normalized spacial score (nSPS) is 12.7. The van der Waals surface area contributed by atoms with Crippen molar-refractivity contribution in [2.24, 2.45) is 4.99 Å². The van der Waals surface area contributed by atoms with Gasteiger partial charge in [-0.2, -0.15) is 0 Å². The molecule has 0 saturated carbocycles. The number of carbonyl (C=O) groups is 1. The molecule has 0 bridgehead atoms. The predicted molar refractivity (Wildman–Crippen MR) is 144 cm³/mol. The van der Waals surface area contributed by atoms with Crippen LogP contribution in [0.5, 0.6) is 0 Å². The molecule has 0 radical (unpaired) electrons. The fourth-order valence-electron chi connectivity index (χ4n) is 3.92. The fraction of sp³-hybridized carbons (Fsp3) is 0.440. The summed E-state index contributed by atoms with van der Waals surface area (Å²) in [5, 5.41) is 6.69. The zero-order chi connectivity index (χ0) is 21.9. The molecule has 0 atom stereocenters. The Hall–Kier alpha value is -2.29. The molecule has 174 valence electrons. The molecule has 2 aromatic carbocycles. The van der Waals surface area contributed by atoms with Gasteiger partial charge in [0.15, 0.2) is 5.96 Å². The molecule has 1 aliphatic rings. The predicted octanol–water partition coefficient (Wildman–Crippen LogP) is 4.01. The van der Waals surface area contributed by atoms with Crippen LogP contribution in [0.15, 0.2) is 59.6 Å². The van der Waals surface area contributed by atoms with E-state index in [1.165, 1.54) is 16.8 Å². The number of rotatable bonds is 10. The highest BCUT2D eigenvalue weighted by atomic mass is 127. The first-order valence-corrected chi connectivity index (χ1v) is 11.3. The quantitative estimate of drug-likeness (QED) is 0.204. The maximum absolute atomic E-state index is 12.5. The molecule has 1 heterocycles. The van der Waals surface area contributed by atoms with Gasteiger partial charge >= 0.3 is 0 Å². The minimum atomic E-state index is 0. The van der Waals surface area contributed by atoms with Gasteiger partial charge in [-0.25, -0.2) is 0 Å². The van der Waals surface area contributed by atoms with Crippen molar-refractivity contribution in [1.82, 2.24) is 15.5 Å². The summed E-state index contributed by atoms with van der Waals surface area (Å²) in [6.07, 6.45) is 2.38. The van der Waals surface area contributed by atoms with E-state index in [9.17, 15) is 4.79 Å². The number of fused-ring (bicyclic) bond motifs is 1. The molecule has 0 spiro atoms. The van der Waals surface area contributed by atoms with Crippen LogP contribution in [0.2, 0.25) is 0 Å². The molecule has 1 aliphatic heterocycles. The van der Waals surface area contributed by atoms with Gasteiger partial charge < -0.3 is 20.4 Å². The zero-order valence-electron chi connectivity index (χ0n) is 19.2. The van der Waals surface area contributed by atoms with Crippen molar-refractivity contribution in [2.45, 2.75) is 39.3 Å². The van der Waals surface area contributed by atoms with E-state index in [4.69, 9.17) is 0 Å². The Bertz CT molecular complexity index is 833.